The molecule has 6 heteroatoms. The number of amides is 1. The van der Waals surface area contributed by atoms with Gasteiger partial charge in [0.1, 0.15) is 11.5 Å². The summed E-state index contributed by atoms with van der Waals surface area (Å²) in [6.45, 7) is 6.11. The fourth-order valence-electron chi connectivity index (χ4n) is 2.20. The minimum atomic E-state index is -1.04. The molecular weight excluding hydrogens is 334 g/mol. The van der Waals surface area contributed by atoms with Crippen molar-refractivity contribution in [2.75, 3.05) is 18.5 Å². The van der Waals surface area contributed by atoms with E-state index in [1.165, 1.54) is 0 Å². The Morgan fingerprint density at radius 1 is 1.08 bits per heavy atom. The summed E-state index contributed by atoms with van der Waals surface area (Å²) >= 11 is 0. The zero-order chi connectivity index (χ0) is 19.1. The maximum absolute atomic E-state index is 12.5. The molecule has 2 aromatic carbocycles. The molecule has 26 heavy (non-hydrogen) atoms. The van der Waals surface area contributed by atoms with E-state index in [1.807, 2.05) is 13.0 Å². The number of carboxylic acid groups (broad SMARTS) is 1. The van der Waals surface area contributed by atoms with Crippen molar-refractivity contribution in [2.45, 2.75) is 20.8 Å². The van der Waals surface area contributed by atoms with E-state index >= 15 is 0 Å². The van der Waals surface area contributed by atoms with Gasteiger partial charge in [-0.3, -0.25) is 4.79 Å². The van der Waals surface area contributed by atoms with Gasteiger partial charge in [0.25, 0.3) is 5.91 Å². The minimum Gasteiger partial charge on any atom is -0.493 e. The second-order valence-corrected chi connectivity index (χ2v) is 6.35. The summed E-state index contributed by atoms with van der Waals surface area (Å²) in [6.07, 6.45) is 0. The van der Waals surface area contributed by atoms with Crippen LogP contribution in [0, 0.1) is 12.8 Å². The van der Waals surface area contributed by atoms with Crippen LogP contribution in [0.5, 0.6) is 11.5 Å². The Labute approximate surface area is 152 Å². The average molecular weight is 357 g/mol. The number of aliphatic carboxylic acids is 1. The number of hydrogen-bond donors (Lipinski definition) is 2. The van der Waals surface area contributed by atoms with E-state index in [1.54, 1.807) is 36.4 Å². The van der Waals surface area contributed by atoms with E-state index in [-0.39, 0.29) is 5.91 Å². The van der Waals surface area contributed by atoms with Crippen molar-refractivity contribution in [3.05, 3.63) is 53.6 Å². The van der Waals surface area contributed by atoms with Crippen molar-refractivity contribution < 1.29 is 24.2 Å². The van der Waals surface area contributed by atoms with Crippen LogP contribution >= 0.6 is 0 Å². The van der Waals surface area contributed by atoms with Crippen LogP contribution in [0.25, 0.3) is 0 Å². The molecule has 138 valence electrons. The van der Waals surface area contributed by atoms with Crippen molar-refractivity contribution in [3.8, 4) is 11.5 Å². The van der Waals surface area contributed by atoms with Crippen molar-refractivity contribution in [2.24, 2.45) is 5.92 Å². The molecule has 0 bridgehead atoms. The van der Waals surface area contributed by atoms with Gasteiger partial charge in [-0.05, 0) is 54.8 Å². The molecule has 0 radical (unpaired) electrons. The topological polar surface area (TPSA) is 84.9 Å². The van der Waals surface area contributed by atoms with Gasteiger partial charge in [-0.25, -0.2) is 4.79 Å². The summed E-state index contributed by atoms with van der Waals surface area (Å²) in [6, 6.07) is 12.0. The molecule has 0 saturated carbocycles. The third-order valence-electron chi connectivity index (χ3n) is 3.49. The lowest BCUT2D eigenvalue weighted by molar-refractivity contribution is -0.139. The highest BCUT2D eigenvalue weighted by molar-refractivity contribution is 6.04. The molecule has 0 atom stereocenters. The first kappa shape index (κ1) is 19.3. The molecule has 0 aliphatic heterocycles. The summed E-state index contributed by atoms with van der Waals surface area (Å²) in [5.74, 6) is 0.200. The summed E-state index contributed by atoms with van der Waals surface area (Å²) in [7, 11) is 0. The standard InChI is InChI=1S/C20H23NO5/c1-13(2)11-25-16-6-4-5-15(10-16)20(24)21-18-8-7-17(9-14(18)3)26-12-19(22)23/h4-10,13H,11-12H2,1-3H3,(H,21,24)(H,22,23). The number of rotatable bonds is 8. The molecule has 0 spiro atoms. The highest BCUT2D eigenvalue weighted by atomic mass is 16.5. The first-order chi connectivity index (χ1) is 12.3. The molecule has 0 aliphatic rings. The molecule has 0 aromatic heterocycles. The molecular formula is C20H23NO5. The van der Waals surface area contributed by atoms with Gasteiger partial charge >= 0.3 is 5.97 Å². The van der Waals surface area contributed by atoms with E-state index < -0.39 is 12.6 Å². The molecule has 6 nitrogen and oxygen atoms in total. The van der Waals surface area contributed by atoms with Crippen LogP contribution in [0.2, 0.25) is 0 Å². The van der Waals surface area contributed by atoms with Gasteiger partial charge in [-0.1, -0.05) is 19.9 Å². The summed E-state index contributed by atoms with van der Waals surface area (Å²) < 4.78 is 10.8. The van der Waals surface area contributed by atoms with Gasteiger partial charge in [0.05, 0.1) is 6.61 Å². The second kappa shape index (κ2) is 8.89. The van der Waals surface area contributed by atoms with Crippen molar-refractivity contribution in [1.82, 2.24) is 0 Å². The minimum absolute atomic E-state index is 0.248. The molecule has 0 heterocycles. The zero-order valence-corrected chi connectivity index (χ0v) is 15.1. The van der Waals surface area contributed by atoms with Gasteiger partial charge in [0, 0.05) is 11.3 Å². The molecule has 2 N–H and O–H groups in total. The molecule has 0 saturated heterocycles. The average Bonchev–Trinajstić information content (AvgIpc) is 2.60. The molecule has 0 fully saturated rings. The first-order valence-electron chi connectivity index (χ1n) is 8.34. The summed E-state index contributed by atoms with van der Waals surface area (Å²) in [4.78, 5) is 23.0. The Hall–Kier alpha value is -3.02. The molecule has 1 amide bonds. The maximum Gasteiger partial charge on any atom is 0.341 e. The fourth-order valence-corrected chi connectivity index (χ4v) is 2.20. The Balaban J connectivity index is 2.05. The van der Waals surface area contributed by atoms with Crippen LogP contribution in [-0.4, -0.2) is 30.2 Å². The number of aryl methyl sites for hydroxylation is 1. The fraction of sp³-hybridized carbons (Fsp3) is 0.300. The van der Waals surface area contributed by atoms with Crippen LogP contribution in [0.4, 0.5) is 5.69 Å². The van der Waals surface area contributed by atoms with Gasteiger partial charge in [-0.15, -0.1) is 0 Å². The van der Waals surface area contributed by atoms with Gasteiger partial charge < -0.3 is 19.9 Å². The van der Waals surface area contributed by atoms with E-state index in [9.17, 15) is 9.59 Å². The first-order valence-corrected chi connectivity index (χ1v) is 8.34. The summed E-state index contributed by atoms with van der Waals surface area (Å²) in [5, 5.41) is 11.5. The highest BCUT2D eigenvalue weighted by Gasteiger charge is 2.10. The SMILES string of the molecule is Cc1cc(OCC(=O)O)ccc1NC(=O)c1cccc(OCC(C)C)c1. The van der Waals surface area contributed by atoms with E-state index in [2.05, 4.69) is 19.2 Å². The highest BCUT2D eigenvalue weighted by Crippen LogP contribution is 2.23. The third kappa shape index (κ3) is 5.81. The number of benzene rings is 2. The number of ether oxygens (including phenoxy) is 2. The molecule has 2 aromatic rings. The quantitative estimate of drug-likeness (QED) is 0.752. The van der Waals surface area contributed by atoms with Crippen molar-refractivity contribution in [1.29, 1.82) is 0 Å². The lowest BCUT2D eigenvalue weighted by atomic mass is 10.1. The number of carboxylic acids is 1. The largest absolute Gasteiger partial charge is 0.493 e. The number of nitrogens with one attached hydrogen (secondary N) is 1. The van der Waals surface area contributed by atoms with Crippen molar-refractivity contribution in [3.63, 3.8) is 0 Å². The predicted octanol–water partition coefficient (Wildman–Crippen LogP) is 3.75. The normalized spacial score (nSPS) is 10.5. The number of carbonyl (C=O) groups is 2. The lowest BCUT2D eigenvalue weighted by Gasteiger charge is -2.12. The van der Waals surface area contributed by atoms with E-state index in [4.69, 9.17) is 14.6 Å². The third-order valence-corrected chi connectivity index (χ3v) is 3.49. The van der Waals surface area contributed by atoms with Crippen LogP contribution in [0.1, 0.15) is 29.8 Å². The molecule has 0 aliphatic carbocycles. The van der Waals surface area contributed by atoms with E-state index in [0.717, 1.165) is 5.56 Å². The number of hydrogen-bond acceptors (Lipinski definition) is 4. The molecule has 2 rings (SSSR count). The zero-order valence-electron chi connectivity index (χ0n) is 15.1. The number of carbonyl (C=O) groups excluding carboxylic acids is 1. The Kier molecular flexibility index (Phi) is 6.60. The van der Waals surface area contributed by atoms with E-state index in [0.29, 0.717) is 35.3 Å². The monoisotopic (exact) mass is 357 g/mol. The van der Waals surface area contributed by atoms with Gasteiger partial charge in [-0.2, -0.15) is 0 Å². The van der Waals surface area contributed by atoms with Crippen LogP contribution < -0.4 is 14.8 Å². The predicted molar refractivity (Wildman–Crippen MR) is 99.0 cm³/mol. The Morgan fingerprint density at radius 2 is 1.81 bits per heavy atom. The second-order valence-electron chi connectivity index (χ2n) is 6.35. The van der Waals surface area contributed by atoms with Crippen molar-refractivity contribution >= 4 is 17.6 Å². The maximum atomic E-state index is 12.5. The van der Waals surface area contributed by atoms with Crippen LogP contribution in [-0.2, 0) is 4.79 Å². The summed E-state index contributed by atoms with van der Waals surface area (Å²) in [5.41, 5.74) is 1.90. The van der Waals surface area contributed by atoms with Crippen LogP contribution in [0.15, 0.2) is 42.5 Å². The Bertz CT molecular complexity index is 786. The smallest absolute Gasteiger partial charge is 0.341 e. The Morgan fingerprint density at radius 3 is 2.46 bits per heavy atom. The van der Waals surface area contributed by atoms with Gasteiger partial charge in [0.2, 0.25) is 0 Å². The van der Waals surface area contributed by atoms with Gasteiger partial charge in [0.15, 0.2) is 6.61 Å². The lowest BCUT2D eigenvalue weighted by Crippen LogP contribution is -2.13. The van der Waals surface area contributed by atoms with Crippen LogP contribution in [0.3, 0.4) is 0 Å². The molecule has 0 unspecified atom stereocenters. The number of anilines is 1.